The van der Waals surface area contributed by atoms with Gasteiger partial charge in [0.25, 0.3) is 0 Å². The molecule has 1 aromatic carbocycles. The van der Waals surface area contributed by atoms with Crippen LogP contribution in [0.25, 0.3) is 0 Å². The van der Waals surface area contributed by atoms with Gasteiger partial charge >= 0.3 is 0 Å². The number of sulfonamides is 1. The summed E-state index contributed by atoms with van der Waals surface area (Å²) in [6.45, 7) is 1.24. The predicted octanol–water partition coefficient (Wildman–Crippen LogP) is 1.21. The van der Waals surface area contributed by atoms with Crippen LogP contribution in [-0.2, 0) is 26.0 Å². The molecule has 0 saturated heterocycles. The van der Waals surface area contributed by atoms with E-state index in [1.807, 2.05) is 0 Å². The number of rotatable bonds is 10. The van der Waals surface area contributed by atoms with Crippen LogP contribution in [0.15, 0.2) is 29.2 Å². The first-order valence-electron chi connectivity index (χ1n) is 7.88. The van der Waals surface area contributed by atoms with Gasteiger partial charge in [0, 0.05) is 32.7 Å². The van der Waals surface area contributed by atoms with Crippen molar-refractivity contribution in [2.45, 2.75) is 43.0 Å². The zero-order chi connectivity index (χ0) is 16.7. The molecule has 6 nitrogen and oxygen atoms in total. The van der Waals surface area contributed by atoms with E-state index in [2.05, 4.69) is 10.0 Å². The number of hydrogen-bond acceptors (Lipinski definition) is 4. The van der Waals surface area contributed by atoms with Crippen molar-refractivity contribution in [1.82, 2.24) is 10.0 Å². The second-order valence-corrected chi connectivity index (χ2v) is 7.45. The minimum atomic E-state index is -3.40. The van der Waals surface area contributed by atoms with Crippen molar-refractivity contribution in [3.8, 4) is 0 Å². The van der Waals surface area contributed by atoms with Gasteiger partial charge in [-0.2, -0.15) is 0 Å². The fraction of sp³-hybridized carbons (Fsp3) is 0.562. The van der Waals surface area contributed by atoms with Crippen molar-refractivity contribution < 1.29 is 17.9 Å². The molecular weight excluding hydrogens is 316 g/mol. The zero-order valence-corrected chi connectivity index (χ0v) is 14.2. The third-order valence-corrected chi connectivity index (χ3v) is 5.16. The number of ether oxygens (including phenoxy) is 1. The van der Waals surface area contributed by atoms with Gasteiger partial charge in [-0.25, -0.2) is 13.1 Å². The zero-order valence-electron chi connectivity index (χ0n) is 13.4. The molecule has 1 saturated carbocycles. The molecule has 0 aliphatic heterocycles. The van der Waals surface area contributed by atoms with Crippen molar-refractivity contribution in [1.29, 1.82) is 0 Å². The van der Waals surface area contributed by atoms with Crippen LogP contribution in [0.3, 0.4) is 0 Å². The van der Waals surface area contributed by atoms with Gasteiger partial charge in [0.15, 0.2) is 0 Å². The van der Waals surface area contributed by atoms with Crippen LogP contribution in [0, 0.1) is 0 Å². The van der Waals surface area contributed by atoms with Crippen molar-refractivity contribution in [2.75, 3.05) is 20.3 Å². The second-order valence-electron chi connectivity index (χ2n) is 5.74. The maximum Gasteiger partial charge on any atom is 0.240 e. The largest absolute Gasteiger partial charge is 0.385 e. The summed E-state index contributed by atoms with van der Waals surface area (Å²) in [6.07, 6.45) is 3.60. The molecule has 2 rings (SSSR count). The van der Waals surface area contributed by atoms with E-state index in [9.17, 15) is 13.2 Å². The Bertz CT molecular complexity index is 609. The minimum Gasteiger partial charge on any atom is -0.385 e. The normalized spacial score (nSPS) is 14.7. The molecule has 1 aliphatic carbocycles. The molecule has 1 fully saturated rings. The highest BCUT2D eigenvalue weighted by molar-refractivity contribution is 7.89. The van der Waals surface area contributed by atoms with E-state index in [0.29, 0.717) is 26.0 Å². The van der Waals surface area contributed by atoms with Crippen LogP contribution in [0.2, 0.25) is 0 Å². The van der Waals surface area contributed by atoms with Crippen LogP contribution in [-0.4, -0.2) is 40.6 Å². The van der Waals surface area contributed by atoms with Gasteiger partial charge in [0.05, 0.1) is 4.90 Å². The Hall–Kier alpha value is -1.44. The van der Waals surface area contributed by atoms with E-state index in [1.165, 1.54) is 0 Å². The number of nitrogens with one attached hydrogen (secondary N) is 2. The number of carbonyl (C=O) groups excluding carboxylic acids is 1. The first-order valence-corrected chi connectivity index (χ1v) is 9.36. The number of amides is 1. The molecule has 0 unspecified atom stereocenters. The van der Waals surface area contributed by atoms with Crippen molar-refractivity contribution in [2.24, 2.45) is 0 Å². The highest BCUT2D eigenvalue weighted by Gasteiger charge is 2.27. The second kappa shape index (κ2) is 8.42. The van der Waals surface area contributed by atoms with Crippen LogP contribution >= 0.6 is 0 Å². The summed E-state index contributed by atoms with van der Waals surface area (Å²) in [5.74, 6) is -0.00630. The standard InChI is InChI=1S/C16H24N2O4S/c1-22-12-2-11-17-16(19)10-5-13-3-8-15(9-4-13)23(20,21)18-14-6-7-14/h3-4,8-9,14,18H,2,5-7,10-12H2,1H3,(H,17,19). The van der Waals surface area contributed by atoms with Gasteiger partial charge in [-0.15, -0.1) is 0 Å². The van der Waals surface area contributed by atoms with Crippen molar-refractivity contribution in [3.05, 3.63) is 29.8 Å². The Labute approximate surface area is 137 Å². The number of carbonyl (C=O) groups is 1. The summed E-state index contributed by atoms with van der Waals surface area (Å²) in [6, 6.07) is 6.81. The van der Waals surface area contributed by atoms with Gasteiger partial charge in [0.2, 0.25) is 15.9 Å². The smallest absolute Gasteiger partial charge is 0.240 e. The number of benzene rings is 1. The van der Waals surface area contributed by atoms with Gasteiger partial charge < -0.3 is 10.1 Å². The van der Waals surface area contributed by atoms with Crippen LogP contribution < -0.4 is 10.0 Å². The van der Waals surface area contributed by atoms with E-state index < -0.39 is 10.0 Å². The molecule has 1 aliphatic rings. The fourth-order valence-corrected chi connectivity index (χ4v) is 3.42. The lowest BCUT2D eigenvalue weighted by Crippen LogP contribution is -2.26. The van der Waals surface area contributed by atoms with Crippen molar-refractivity contribution >= 4 is 15.9 Å². The Morgan fingerprint density at radius 3 is 2.57 bits per heavy atom. The predicted molar refractivity (Wildman–Crippen MR) is 87.6 cm³/mol. The summed E-state index contributed by atoms with van der Waals surface area (Å²) in [4.78, 5) is 12.0. The SMILES string of the molecule is COCCCNC(=O)CCc1ccc(S(=O)(=O)NC2CC2)cc1. The van der Waals surface area contributed by atoms with Crippen LogP contribution in [0.4, 0.5) is 0 Å². The topological polar surface area (TPSA) is 84.5 Å². The molecule has 1 aromatic rings. The summed E-state index contributed by atoms with van der Waals surface area (Å²) in [5, 5.41) is 2.83. The van der Waals surface area contributed by atoms with Crippen molar-refractivity contribution in [3.63, 3.8) is 0 Å². The average molecular weight is 340 g/mol. The third kappa shape index (κ3) is 6.29. The lowest BCUT2D eigenvalue weighted by Gasteiger charge is -2.07. The van der Waals surface area contributed by atoms with Gasteiger partial charge in [0.1, 0.15) is 0 Å². The van der Waals surface area contributed by atoms with Crippen LogP contribution in [0.5, 0.6) is 0 Å². The average Bonchev–Trinajstić information content (AvgIpc) is 3.33. The van der Waals surface area contributed by atoms with E-state index in [1.54, 1.807) is 31.4 Å². The highest BCUT2D eigenvalue weighted by Crippen LogP contribution is 2.22. The Morgan fingerprint density at radius 2 is 1.96 bits per heavy atom. The summed E-state index contributed by atoms with van der Waals surface area (Å²) in [7, 11) is -1.77. The molecule has 7 heteroatoms. The molecule has 0 spiro atoms. The summed E-state index contributed by atoms with van der Waals surface area (Å²) < 4.78 is 31.7. The first kappa shape index (κ1) is 17.9. The first-order chi connectivity index (χ1) is 11.0. The molecule has 0 aromatic heterocycles. The molecular formula is C16H24N2O4S. The van der Waals surface area contributed by atoms with E-state index in [-0.39, 0.29) is 16.8 Å². The number of aryl methyl sites for hydroxylation is 1. The molecule has 2 N–H and O–H groups in total. The molecule has 0 atom stereocenters. The quantitative estimate of drug-likeness (QED) is 0.627. The molecule has 0 bridgehead atoms. The van der Waals surface area contributed by atoms with Gasteiger partial charge in [-0.05, 0) is 43.4 Å². The summed E-state index contributed by atoms with van der Waals surface area (Å²) >= 11 is 0. The maximum atomic E-state index is 12.0. The molecule has 0 radical (unpaired) electrons. The molecule has 0 heterocycles. The molecule has 1 amide bonds. The lowest BCUT2D eigenvalue weighted by molar-refractivity contribution is -0.121. The highest BCUT2D eigenvalue weighted by atomic mass is 32.2. The Balaban J connectivity index is 1.77. The Morgan fingerprint density at radius 1 is 1.26 bits per heavy atom. The fourth-order valence-electron chi connectivity index (χ4n) is 2.11. The van der Waals surface area contributed by atoms with E-state index in [4.69, 9.17) is 4.74 Å². The maximum absolute atomic E-state index is 12.0. The van der Waals surface area contributed by atoms with E-state index in [0.717, 1.165) is 24.8 Å². The van der Waals surface area contributed by atoms with E-state index >= 15 is 0 Å². The molecule has 128 valence electrons. The summed E-state index contributed by atoms with van der Waals surface area (Å²) in [5.41, 5.74) is 0.947. The number of methoxy groups -OCH3 is 1. The van der Waals surface area contributed by atoms with Gasteiger partial charge in [-0.1, -0.05) is 12.1 Å². The minimum absolute atomic E-state index is 0.00630. The Kier molecular flexibility index (Phi) is 6.56. The van der Waals surface area contributed by atoms with Gasteiger partial charge in [-0.3, -0.25) is 4.79 Å². The number of hydrogen-bond donors (Lipinski definition) is 2. The molecule has 23 heavy (non-hydrogen) atoms. The monoisotopic (exact) mass is 340 g/mol. The lowest BCUT2D eigenvalue weighted by atomic mass is 10.1. The third-order valence-electron chi connectivity index (χ3n) is 3.62. The van der Waals surface area contributed by atoms with Crippen LogP contribution in [0.1, 0.15) is 31.2 Å².